The number of pyridine rings is 1. The number of aromatic amines is 1. The van der Waals surface area contributed by atoms with Crippen molar-refractivity contribution in [2.75, 3.05) is 33.9 Å². The Labute approximate surface area is 163 Å². The van der Waals surface area contributed by atoms with E-state index in [2.05, 4.69) is 4.98 Å². The van der Waals surface area contributed by atoms with Gasteiger partial charge < -0.3 is 24.1 Å². The van der Waals surface area contributed by atoms with Gasteiger partial charge in [-0.15, -0.1) is 0 Å². The lowest BCUT2D eigenvalue weighted by Gasteiger charge is -2.45. The fourth-order valence-electron chi connectivity index (χ4n) is 4.23. The number of amides is 1. The third-order valence-corrected chi connectivity index (χ3v) is 5.76. The number of fused-ring (bicyclic) bond motifs is 2. The molecule has 148 valence electrons. The van der Waals surface area contributed by atoms with Gasteiger partial charge in [-0.1, -0.05) is 0 Å². The van der Waals surface area contributed by atoms with E-state index in [-0.39, 0.29) is 17.0 Å². The molecule has 1 fully saturated rings. The van der Waals surface area contributed by atoms with Gasteiger partial charge >= 0.3 is 0 Å². The van der Waals surface area contributed by atoms with Crippen LogP contribution in [0, 0.1) is 0 Å². The fourth-order valence-corrected chi connectivity index (χ4v) is 4.23. The number of carbonyl (C=O) groups is 1. The van der Waals surface area contributed by atoms with Gasteiger partial charge in [-0.25, -0.2) is 0 Å². The van der Waals surface area contributed by atoms with Crippen LogP contribution in [-0.4, -0.2) is 49.7 Å². The van der Waals surface area contributed by atoms with E-state index in [1.807, 2.05) is 12.1 Å². The minimum Gasteiger partial charge on any atom is -0.493 e. The Balaban J connectivity index is 1.59. The first-order valence-electron chi connectivity index (χ1n) is 9.44. The zero-order chi connectivity index (χ0) is 19.7. The molecule has 3 heterocycles. The van der Waals surface area contributed by atoms with Crippen LogP contribution < -0.4 is 15.0 Å². The molecule has 1 amide bonds. The van der Waals surface area contributed by atoms with E-state index in [9.17, 15) is 9.59 Å². The van der Waals surface area contributed by atoms with Gasteiger partial charge in [0.1, 0.15) is 5.56 Å². The predicted molar refractivity (Wildman–Crippen MR) is 103 cm³/mol. The quantitative estimate of drug-likeness (QED) is 0.877. The summed E-state index contributed by atoms with van der Waals surface area (Å²) in [5.74, 6) is 1.16. The summed E-state index contributed by atoms with van der Waals surface area (Å²) >= 11 is 0. The van der Waals surface area contributed by atoms with Gasteiger partial charge in [-0.3, -0.25) is 9.59 Å². The van der Waals surface area contributed by atoms with Crippen LogP contribution in [0.1, 0.15) is 34.3 Å². The van der Waals surface area contributed by atoms with Crippen LogP contribution in [0.3, 0.4) is 0 Å². The summed E-state index contributed by atoms with van der Waals surface area (Å²) in [4.78, 5) is 29.0. The van der Waals surface area contributed by atoms with Crippen LogP contribution in [0.5, 0.6) is 11.5 Å². The second-order valence-corrected chi connectivity index (χ2v) is 7.16. The number of methoxy groups -OCH3 is 2. The van der Waals surface area contributed by atoms with Crippen LogP contribution in [0.25, 0.3) is 0 Å². The number of rotatable bonds is 3. The summed E-state index contributed by atoms with van der Waals surface area (Å²) in [5, 5.41) is 0. The summed E-state index contributed by atoms with van der Waals surface area (Å²) in [6.45, 7) is 1.69. The summed E-state index contributed by atoms with van der Waals surface area (Å²) < 4.78 is 17.2. The number of aromatic nitrogens is 1. The van der Waals surface area contributed by atoms with Crippen molar-refractivity contribution in [2.45, 2.75) is 24.9 Å². The maximum absolute atomic E-state index is 12.7. The number of carbonyl (C=O) groups excluding carboxylic acids is 1. The molecule has 0 saturated carbocycles. The van der Waals surface area contributed by atoms with Crippen molar-refractivity contribution < 1.29 is 19.0 Å². The van der Waals surface area contributed by atoms with E-state index in [1.54, 1.807) is 31.3 Å². The highest BCUT2D eigenvalue weighted by atomic mass is 16.5. The first-order valence-corrected chi connectivity index (χ1v) is 9.44. The molecule has 2 aliphatic heterocycles. The number of ether oxygens (including phenoxy) is 3. The second-order valence-electron chi connectivity index (χ2n) is 7.16. The molecule has 1 spiro atoms. The molecule has 7 nitrogen and oxygen atoms in total. The van der Waals surface area contributed by atoms with Crippen molar-refractivity contribution in [1.29, 1.82) is 0 Å². The monoisotopic (exact) mass is 384 g/mol. The highest BCUT2D eigenvalue weighted by Gasteiger charge is 2.42. The van der Waals surface area contributed by atoms with Crippen molar-refractivity contribution in [3.63, 3.8) is 0 Å². The smallest absolute Gasteiger partial charge is 0.260 e. The lowest BCUT2D eigenvalue weighted by molar-refractivity contribution is -0.0936. The lowest BCUT2D eigenvalue weighted by Crippen LogP contribution is -2.49. The molecular weight excluding hydrogens is 360 g/mol. The Kier molecular flexibility index (Phi) is 4.85. The first-order chi connectivity index (χ1) is 13.6. The van der Waals surface area contributed by atoms with Gasteiger partial charge in [0.05, 0.1) is 26.4 Å². The number of H-pyrrole nitrogens is 1. The molecule has 2 aromatic rings. The first kappa shape index (κ1) is 18.6. The Morgan fingerprint density at radius 1 is 1.18 bits per heavy atom. The van der Waals surface area contributed by atoms with Gasteiger partial charge in [0.15, 0.2) is 11.5 Å². The van der Waals surface area contributed by atoms with Crippen LogP contribution in [0.2, 0.25) is 0 Å². The van der Waals surface area contributed by atoms with Crippen molar-refractivity contribution >= 4 is 5.91 Å². The second kappa shape index (κ2) is 7.31. The van der Waals surface area contributed by atoms with Gasteiger partial charge in [0.2, 0.25) is 0 Å². The zero-order valence-electron chi connectivity index (χ0n) is 16.1. The number of piperidine rings is 1. The van der Waals surface area contributed by atoms with Gasteiger partial charge in [0, 0.05) is 19.3 Å². The average Bonchev–Trinajstić information content (AvgIpc) is 2.73. The molecule has 0 bridgehead atoms. The summed E-state index contributed by atoms with van der Waals surface area (Å²) in [5.41, 5.74) is 1.69. The van der Waals surface area contributed by atoms with Crippen molar-refractivity contribution in [2.24, 2.45) is 0 Å². The predicted octanol–water partition coefficient (Wildman–Crippen LogP) is 2.10. The third-order valence-electron chi connectivity index (χ3n) is 5.76. The molecule has 7 heteroatoms. The highest BCUT2D eigenvalue weighted by Crippen LogP contribution is 2.45. The molecule has 2 aliphatic rings. The number of hydrogen-bond donors (Lipinski definition) is 1. The topological polar surface area (TPSA) is 80.9 Å². The minimum atomic E-state index is -0.437. The Bertz CT molecular complexity index is 944. The number of nitrogens with zero attached hydrogens (tertiary/aromatic N) is 1. The summed E-state index contributed by atoms with van der Waals surface area (Å²) in [6, 6.07) is 7.27. The number of nitrogens with one attached hydrogen (secondary N) is 1. The molecule has 0 radical (unpaired) electrons. The van der Waals surface area contributed by atoms with E-state index < -0.39 is 5.60 Å². The van der Waals surface area contributed by atoms with Crippen molar-refractivity contribution in [1.82, 2.24) is 9.88 Å². The van der Waals surface area contributed by atoms with Crippen LogP contribution in [-0.2, 0) is 16.8 Å². The molecule has 1 saturated heterocycles. The largest absolute Gasteiger partial charge is 0.493 e. The lowest BCUT2D eigenvalue weighted by atomic mass is 9.79. The standard InChI is InChI=1S/C21H24N2O5/c1-26-17-12-14-5-11-28-21(16(14)13-18(17)27-2)6-9-23(10-7-21)20(25)15-4-3-8-22-19(15)24/h3-4,8,12-13H,5-7,9-11H2,1-2H3,(H,22,24). The van der Waals surface area contributed by atoms with Gasteiger partial charge in [0.25, 0.3) is 11.5 Å². The molecule has 1 aromatic carbocycles. The van der Waals surface area contributed by atoms with Crippen molar-refractivity contribution in [3.05, 3.63) is 57.5 Å². The van der Waals surface area contributed by atoms with Crippen LogP contribution >= 0.6 is 0 Å². The summed E-state index contributed by atoms with van der Waals surface area (Å²) in [7, 11) is 3.26. The van der Waals surface area contributed by atoms with Gasteiger partial charge in [-0.05, 0) is 54.7 Å². The summed E-state index contributed by atoms with van der Waals surface area (Å²) in [6.07, 6.45) is 3.69. The fraction of sp³-hybridized carbons (Fsp3) is 0.429. The van der Waals surface area contributed by atoms with Crippen LogP contribution in [0.4, 0.5) is 0 Å². The SMILES string of the molecule is COc1cc2c(cc1OC)C1(CCN(C(=O)c3ccc[nH]c3=O)CC1)OCC2. The maximum Gasteiger partial charge on any atom is 0.260 e. The van der Waals surface area contributed by atoms with E-state index in [4.69, 9.17) is 14.2 Å². The van der Waals surface area contributed by atoms with E-state index in [0.29, 0.717) is 44.0 Å². The molecule has 1 N–H and O–H groups in total. The molecular formula is C21H24N2O5. The molecule has 4 rings (SSSR count). The Morgan fingerprint density at radius 2 is 1.89 bits per heavy atom. The van der Waals surface area contributed by atoms with Crippen LogP contribution in [0.15, 0.2) is 35.3 Å². The van der Waals surface area contributed by atoms with E-state index in [1.165, 1.54) is 11.8 Å². The Morgan fingerprint density at radius 3 is 2.57 bits per heavy atom. The molecule has 28 heavy (non-hydrogen) atoms. The van der Waals surface area contributed by atoms with E-state index >= 15 is 0 Å². The molecule has 0 unspecified atom stereocenters. The zero-order valence-corrected chi connectivity index (χ0v) is 16.1. The molecule has 0 aliphatic carbocycles. The van der Waals surface area contributed by atoms with Crippen molar-refractivity contribution in [3.8, 4) is 11.5 Å². The number of likely N-dealkylation sites (tertiary alicyclic amines) is 1. The maximum atomic E-state index is 12.7. The average molecular weight is 384 g/mol. The van der Waals surface area contributed by atoms with Gasteiger partial charge in [-0.2, -0.15) is 0 Å². The number of benzene rings is 1. The minimum absolute atomic E-state index is 0.176. The third kappa shape index (κ3) is 3.05. The van der Waals surface area contributed by atoms with E-state index in [0.717, 1.165) is 12.0 Å². The highest BCUT2D eigenvalue weighted by molar-refractivity contribution is 5.93. The molecule has 0 atom stereocenters. The Hall–Kier alpha value is -2.80. The molecule has 1 aromatic heterocycles. The number of hydrogen-bond acceptors (Lipinski definition) is 5. The normalized spacial score (nSPS) is 17.9.